The van der Waals surface area contributed by atoms with E-state index < -0.39 is 11.5 Å². The van der Waals surface area contributed by atoms with E-state index in [0.29, 0.717) is 22.4 Å². The highest BCUT2D eigenvalue weighted by molar-refractivity contribution is 6.30. The summed E-state index contributed by atoms with van der Waals surface area (Å²) in [4.78, 5) is 73.1. The van der Waals surface area contributed by atoms with E-state index in [0.717, 1.165) is 30.7 Å². The second-order valence-electron chi connectivity index (χ2n) is 14.6. The van der Waals surface area contributed by atoms with Crippen LogP contribution in [0, 0.1) is 0 Å². The van der Waals surface area contributed by atoms with Crippen molar-refractivity contribution in [3.63, 3.8) is 0 Å². The largest absolute Gasteiger partial charge is 0.437 e. The Bertz CT molecular complexity index is 3160. The minimum Gasteiger partial charge on any atom is -0.391 e. The fraction of sp³-hybridized carbons (Fsp3) is 0.238. The lowest BCUT2D eigenvalue weighted by Crippen LogP contribution is -2.32. The van der Waals surface area contributed by atoms with Crippen molar-refractivity contribution in [2.45, 2.75) is 62.0 Å². The molecular formula is C42H35Cl3N8O8. The minimum atomic E-state index is -0.533. The number of benzene rings is 2. The maximum atomic E-state index is 12.6. The summed E-state index contributed by atoms with van der Waals surface area (Å²) < 4.78 is 16.9. The number of hydrogen-bond acceptors (Lipinski definition) is 10. The number of hydrogen-bond donors (Lipinski definition) is 1. The molecule has 16 nitrogen and oxygen atoms in total. The van der Waals surface area contributed by atoms with Crippen LogP contribution < -0.4 is 33.7 Å². The summed E-state index contributed by atoms with van der Waals surface area (Å²) in [5.41, 5.74) is 1.95. The maximum Gasteiger partial charge on any atom is 0.437 e. The molecule has 0 atom stereocenters. The molecule has 0 amide bonds. The SMILES string of the molecule is O=c1[nH]ccn2c(=O)cccc12.O=c1c2cccc(=O)n2ccn1Cc1nn(C2CC(c3ccc(Cl)cc3)C2)c(=O)o1.O=c1oc(CCl)nn1C1CC(c2ccc(Cl)cc2)C1. The molecule has 61 heavy (non-hydrogen) atoms. The maximum absolute atomic E-state index is 12.6. The molecule has 1 N–H and O–H groups in total. The molecule has 6 heterocycles. The van der Waals surface area contributed by atoms with Gasteiger partial charge in [0.2, 0.25) is 11.8 Å². The third-order valence-electron chi connectivity index (χ3n) is 10.8. The Morgan fingerprint density at radius 1 is 0.607 bits per heavy atom. The molecule has 8 aromatic rings. The Kier molecular flexibility index (Phi) is 11.9. The van der Waals surface area contributed by atoms with Crippen LogP contribution in [0.4, 0.5) is 0 Å². The quantitative estimate of drug-likeness (QED) is 0.192. The van der Waals surface area contributed by atoms with Crippen LogP contribution in [0.3, 0.4) is 0 Å². The van der Waals surface area contributed by atoms with E-state index in [1.165, 1.54) is 76.8 Å². The summed E-state index contributed by atoms with van der Waals surface area (Å²) in [6.45, 7) is 0.00793. The second-order valence-corrected chi connectivity index (χ2v) is 15.7. The van der Waals surface area contributed by atoms with E-state index in [1.54, 1.807) is 18.2 Å². The molecule has 19 heteroatoms. The zero-order chi connectivity index (χ0) is 42.8. The van der Waals surface area contributed by atoms with Gasteiger partial charge in [0.1, 0.15) is 23.5 Å². The number of pyridine rings is 2. The van der Waals surface area contributed by atoms with E-state index in [-0.39, 0.29) is 64.0 Å². The number of fused-ring (bicyclic) bond motifs is 2. The molecular weight excluding hydrogens is 851 g/mol. The molecule has 0 saturated heterocycles. The van der Waals surface area contributed by atoms with Crippen molar-refractivity contribution in [2.24, 2.45) is 0 Å². The number of H-pyrrole nitrogens is 1. The van der Waals surface area contributed by atoms with Crippen molar-refractivity contribution in [1.29, 1.82) is 0 Å². The minimum absolute atomic E-state index is 0.00793. The summed E-state index contributed by atoms with van der Waals surface area (Å²) >= 11 is 17.4. The van der Waals surface area contributed by atoms with E-state index in [4.69, 9.17) is 43.6 Å². The molecule has 0 bridgehead atoms. The lowest BCUT2D eigenvalue weighted by atomic mass is 9.76. The normalized spacial score (nSPS) is 18.0. The second kappa shape index (κ2) is 17.6. The number of rotatable bonds is 7. The van der Waals surface area contributed by atoms with Crippen LogP contribution in [0.15, 0.2) is 147 Å². The average molecular weight is 886 g/mol. The zero-order valence-corrected chi connectivity index (χ0v) is 34.2. The third kappa shape index (κ3) is 8.87. The standard InChI is InChI=1S/C21H17ClN4O4.C13H12Cl2N2O2.C8H6N2O2/c22-15-6-4-13(5-7-15)14-10-16(11-14)26-21(29)30-18(23-26)12-24-8-9-25-17(20(24)28)2-1-3-19(25)27;14-7-12-16-17(13(18)19-12)11-5-9(6-11)8-1-3-10(15)4-2-8;11-7-3-1-2-6-8(12)9-4-5-10(6)7/h1-9,14,16H,10-12H2;1-4,9,11H,5-7H2;1-5H,(H,9,12). The highest BCUT2D eigenvalue weighted by Crippen LogP contribution is 2.45. The van der Waals surface area contributed by atoms with Crippen molar-refractivity contribution >= 4 is 45.8 Å². The monoisotopic (exact) mass is 884 g/mol. The van der Waals surface area contributed by atoms with Crippen molar-refractivity contribution in [1.82, 2.24) is 37.9 Å². The number of alkyl halides is 1. The van der Waals surface area contributed by atoms with Crippen molar-refractivity contribution in [3.8, 4) is 0 Å². The summed E-state index contributed by atoms with van der Waals surface area (Å²) in [6.07, 6.45) is 9.30. The van der Waals surface area contributed by atoms with Gasteiger partial charge in [0.15, 0.2) is 0 Å². The molecule has 2 fully saturated rings. The van der Waals surface area contributed by atoms with Crippen LogP contribution in [0.1, 0.15) is 72.5 Å². The Labute approximate surface area is 358 Å². The van der Waals surface area contributed by atoms with Gasteiger partial charge in [-0.1, -0.05) is 59.6 Å². The molecule has 0 unspecified atom stereocenters. The number of aromatic amines is 1. The summed E-state index contributed by atoms with van der Waals surface area (Å²) in [6, 6.07) is 24.7. The Morgan fingerprint density at radius 2 is 1.10 bits per heavy atom. The first-order valence-corrected chi connectivity index (χ1v) is 20.4. The Hall–Kier alpha value is -6.49. The van der Waals surface area contributed by atoms with Crippen LogP contribution in [-0.4, -0.2) is 37.9 Å². The van der Waals surface area contributed by atoms with Crippen molar-refractivity contribution < 1.29 is 8.83 Å². The lowest BCUT2D eigenvalue weighted by molar-refractivity contribution is 0.233. The molecule has 0 aliphatic heterocycles. The molecule has 10 rings (SSSR count). The fourth-order valence-corrected chi connectivity index (χ4v) is 7.75. The van der Waals surface area contributed by atoms with E-state index in [1.807, 2.05) is 48.5 Å². The fourth-order valence-electron chi connectivity index (χ4n) is 7.39. The molecule has 6 aromatic heterocycles. The van der Waals surface area contributed by atoms with Gasteiger partial charge < -0.3 is 18.4 Å². The highest BCUT2D eigenvalue weighted by atomic mass is 35.5. The lowest BCUT2D eigenvalue weighted by Gasteiger charge is -2.34. The Balaban J connectivity index is 0.000000141. The number of aromatic nitrogens is 8. The van der Waals surface area contributed by atoms with Crippen LogP contribution in [0.5, 0.6) is 0 Å². The van der Waals surface area contributed by atoms with Gasteiger partial charge in [-0.25, -0.2) is 9.59 Å². The van der Waals surface area contributed by atoms with Gasteiger partial charge in [0.25, 0.3) is 22.2 Å². The molecule has 2 aliphatic carbocycles. The van der Waals surface area contributed by atoms with Gasteiger partial charge in [-0.3, -0.25) is 28.0 Å². The molecule has 0 spiro atoms. The molecule has 2 aromatic carbocycles. The zero-order valence-electron chi connectivity index (χ0n) is 32.0. The predicted octanol–water partition coefficient (Wildman–Crippen LogP) is 5.77. The summed E-state index contributed by atoms with van der Waals surface area (Å²) in [7, 11) is 0. The van der Waals surface area contributed by atoms with E-state index >= 15 is 0 Å². The number of nitrogens with one attached hydrogen (secondary N) is 1. The van der Waals surface area contributed by atoms with Gasteiger partial charge in [0, 0.05) is 47.0 Å². The van der Waals surface area contributed by atoms with Crippen LogP contribution in [0.25, 0.3) is 11.0 Å². The van der Waals surface area contributed by atoms with Crippen molar-refractivity contribution in [3.05, 3.63) is 205 Å². The van der Waals surface area contributed by atoms with Crippen LogP contribution >= 0.6 is 34.8 Å². The Morgan fingerprint density at radius 3 is 1.61 bits per heavy atom. The molecule has 2 aliphatic rings. The summed E-state index contributed by atoms with van der Waals surface area (Å²) in [5, 5.41) is 9.80. The van der Waals surface area contributed by atoms with Gasteiger partial charge >= 0.3 is 11.5 Å². The number of halogens is 3. The van der Waals surface area contributed by atoms with Gasteiger partial charge in [0.05, 0.1) is 12.1 Å². The van der Waals surface area contributed by atoms with Crippen molar-refractivity contribution in [2.75, 3.05) is 0 Å². The van der Waals surface area contributed by atoms with E-state index in [2.05, 4.69) is 15.2 Å². The molecule has 0 radical (unpaired) electrons. The van der Waals surface area contributed by atoms with Crippen LogP contribution in [0.2, 0.25) is 10.0 Å². The average Bonchev–Trinajstić information content (AvgIpc) is 3.78. The first-order chi connectivity index (χ1) is 29.4. The van der Waals surface area contributed by atoms with Gasteiger partial charge in [-0.15, -0.1) is 21.8 Å². The highest BCUT2D eigenvalue weighted by Gasteiger charge is 2.35. The third-order valence-corrected chi connectivity index (χ3v) is 11.5. The predicted molar refractivity (Wildman–Crippen MR) is 227 cm³/mol. The summed E-state index contributed by atoms with van der Waals surface area (Å²) in [5.74, 6) is 0.396. The van der Waals surface area contributed by atoms with E-state index in [9.17, 15) is 28.8 Å². The molecule has 2 saturated carbocycles. The smallest absolute Gasteiger partial charge is 0.391 e. The number of nitrogens with zero attached hydrogens (tertiary/aromatic N) is 7. The van der Waals surface area contributed by atoms with Gasteiger partial charge in [-0.05, 0) is 85.0 Å². The van der Waals surface area contributed by atoms with Crippen LogP contribution in [-0.2, 0) is 12.4 Å². The van der Waals surface area contributed by atoms with Gasteiger partial charge in [-0.2, -0.15) is 9.36 Å². The first-order valence-electron chi connectivity index (χ1n) is 19.1. The first kappa shape index (κ1) is 41.3. The topological polar surface area (TPSA) is 194 Å². The molecule has 312 valence electrons.